The number of hydrogen-bond acceptors (Lipinski definition) is 8. The topological polar surface area (TPSA) is 107 Å². The van der Waals surface area contributed by atoms with Gasteiger partial charge in [-0.05, 0) is 42.0 Å². The molecule has 2 aromatic heterocycles. The van der Waals surface area contributed by atoms with Gasteiger partial charge < -0.3 is 14.2 Å². The van der Waals surface area contributed by atoms with Crippen LogP contribution in [0.5, 0.6) is 5.75 Å². The SMILES string of the molecule is COc1ccc(CN(C)c2ccc(-c3nc(-c4ccncc4)no3)cc2[N+](=O)[O-])cc1. The molecule has 0 amide bonds. The lowest BCUT2D eigenvalue weighted by Gasteiger charge is -2.19. The van der Waals surface area contributed by atoms with E-state index in [9.17, 15) is 10.1 Å². The molecule has 0 unspecified atom stereocenters. The summed E-state index contributed by atoms with van der Waals surface area (Å²) in [5.41, 5.74) is 2.66. The van der Waals surface area contributed by atoms with Gasteiger partial charge in [0.15, 0.2) is 0 Å². The van der Waals surface area contributed by atoms with E-state index in [1.54, 1.807) is 50.8 Å². The number of hydrogen-bond donors (Lipinski definition) is 0. The zero-order valence-electron chi connectivity index (χ0n) is 16.9. The molecule has 0 radical (unpaired) electrons. The molecule has 9 nitrogen and oxygen atoms in total. The lowest BCUT2D eigenvalue weighted by molar-refractivity contribution is -0.384. The summed E-state index contributed by atoms with van der Waals surface area (Å²) in [6.45, 7) is 0.497. The first-order valence-electron chi connectivity index (χ1n) is 9.42. The summed E-state index contributed by atoms with van der Waals surface area (Å²) in [5, 5.41) is 15.7. The highest BCUT2D eigenvalue weighted by atomic mass is 16.6. The van der Waals surface area contributed by atoms with Crippen LogP contribution in [0.4, 0.5) is 11.4 Å². The second-order valence-corrected chi connectivity index (χ2v) is 6.82. The van der Waals surface area contributed by atoms with E-state index in [-0.39, 0.29) is 11.6 Å². The number of pyridine rings is 1. The molecule has 2 heterocycles. The fourth-order valence-electron chi connectivity index (χ4n) is 3.17. The van der Waals surface area contributed by atoms with Crippen molar-refractivity contribution in [1.29, 1.82) is 0 Å². The lowest BCUT2D eigenvalue weighted by Crippen LogP contribution is -2.17. The zero-order chi connectivity index (χ0) is 21.8. The third-order valence-electron chi connectivity index (χ3n) is 4.77. The van der Waals surface area contributed by atoms with Crippen molar-refractivity contribution in [3.05, 3.63) is 82.7 Å². The normalized spacial score (nSPS) is 10.6. The lowest BCUT2D eigenvalue weighted by atomic mass is 10.1. The fraction of sp³-hybridized carbons (Fsp3) is 0.136. The highest BCUT2D eigenvalue weighted by molar-refractivity contribution is 5.71. The van der Waals surface area contributed by atoms with Crippen molar-refractivity contribution >= 4 is 11.4 Å². The predicted octanol–water partition coefficient (Wildman–Crippen LogP) is 4.35. The highest BCUT2D eigenvalue weighted by Gasteiger charge is 2.21. The molecule has 0 saturated heterocycles. The molecule has 156 valence electrons. The molecule has 0 saturated carbocycles. The quantitative estimate of drug-likeness (QED) is 0.323. The summed E-state index contributed by atoms with van der Waals surface area (Å²) in [6, 6.07) is 16.0. The van der Waals surface area contributed by atoms with E-state index in [2.05, 4.69) is 15.1 Å². The first-order valence-corrected chi connectivity index (χ1v) is 9.42. The van der Waals surface area contributed by atoms with Crippen molar-refractivity contribution < 1.29 is 14.2 Å². The summed E-state index contributed by atoms with van der Waals surface area (Å²) >= 11 is 0. The van der Waals surface area contributed by atoms with E-state index >= 15 is 0 Å². The maximum Gasteiger partial charge on any atom is 0.293 e. The van der Waals surface area contributed by atoms with Gasteiger partial charge in [0.1, 0.15) is 11.4 Å². The Labute approximate surface area is 178 Å². The predicted molar refractivity (Wildman–Crippen MR) is 115 cm³/mol. The molecule has 0 bridgehead atoms. The Hall–Kier alpha value is -4.27. The molecule has 0 N–H and O–H groups in total. The Balaban J connectivity index is 1.61. The van der Waals surface area contributed by atoms with Crippen LogP contribution in [0.3, 0.4) is 0 Å². The molecular weight excluding hydrogens is 398 g/mol. The van der Waals surface area contributed by atoms with E-state index in [0.717, 1.165) is 16.9 Å². The van der Waals surface area contributed by atoms with E-state index in [0.29, 0.717) is 23.6 Å². The molecular formula is C22H19N5O4. The fourth-order valence-corrected chi connectivity index (χ4v) is 3.17. The molecule has 0 fully saturated rings. The van der Waals surface area contributed by atoms with Crippen molar-refractivity contribution in [1.82, 2.24) is 15.1 Å². The molecule has 31 heavy (non-hydrogen) atoms. The molecule has 4 aromatic rings. The smallest absolute Gasteiger partial charge is 0.293 e. The Morgan fingerprint density at radius 2 is 1.81 bits per heavy atom. The van der Waals surface area contributed by atoms with Crippen LogP contribution in [0, 0.1) is 10.1 Å². The van der Waals surface area contributed by atoms with Gasteiger partial charge in [0, 0.05) is 43.2 Å². The molecule has 0 aliphatic heterocycles. The average Bonchev–Trinajstić information content (AvgIpc) is 3.30. The monoisotopic (exact) mass is 417 g/mol. The molecule has 2 aromatic carbocycles. The van der Waals surface area contributed by atoms with Crippen LogP contribution in [0.1, 0.15) is 5.56 Å². The van der Waals surface area contributed by atoms with E-state index in [1.807, 2.05) is 29.2 Å². The zero-order valence-corrected chi connectivity index (χ0v) is 16.9. The van der Waals surface area contributed by atoms with E-state index < -0.39 is 4.92 Å². The van der Waals surface area contributed by atoms with Crippen LogP contribution in [-0.2, 0) is 6.54 Å². The summed E-state index contributed by atoms with van der Waals surface area (Å²) in [7, 11) is 3.41. The van der Waals surface area contributed by atoms with Crippen molar-refractivity contribution in [3.8, 4) is 28.6 Å². The summed E-state index contributed by atoms with van der Waals surface area (Å²) < 4.78 is 10.5. The summed E-state index contributed by atoms with van der Waals surface area (Å²) in [5.74, 6) is 1.35. The standard InChI is InChI=1S/C22H19N5O4/c1-26(14-15-3-6-18(30-2)7-4-15)19-8-5-17(13-20(19)27(28)29)22-24-21(25-31-22)16-9-11-23-12-10-16/h3-13H,14H2,1-2H3. The van der Waals surface area contributed by atoms with Crippen LogP contribution >= 0.6 is 0 Å². The van der Waals surface area contributed by atoms with Gasteiger partial charge in [0.25, 0.3) is 11.6 Å². The van der Waals surface area contributed by atoms with Crippen LogP contribution in [-0.4, -0.2) is 34.2 Å². The Bertz CT molecular complexity index is 1190. The third kappa shape index (κ3) is 4.35. The number of nitrogens with zero attached hydrogens (tertiary/aromatic N) is 5. The third-order valence-corrected chi connectivity index (χ3v) is 4.77. The number of benzene rings is 2. The van der Waals surface area contributed by atoms with Gasteiger partial charge in [-0.1, -0.05) is 17.3 Å². The summed E-state index contributed by atoms with van der Waals surface area (Å²) in [4.78, 5) is 21.5. The van der Waals surface area contributed by atoms with Gasteiger partial charge in [-0.3, -0.25) is 15.1 Å². The number of anilines is 1. The molecule has 0 aliphatic carbocycles. The van der Waals surface area contributed by atoms with Crippen molar-refractivity contribution in [3.63, 3.8) is 0 Å². The Kier molecular flexibility index (Phi) is 5.57. The Morgan fingerprint density at radius 1 is 1.06 bits per heavy atom. The second kappa shape index (κ2) is 8.62. The second-order valence-electron chi connectivity index (χ2n) is 6.82. The van der Waals surface area contributed by atoms with E-state index in [1.165, 1.54) is 6.07 Å². The molecule has 0 spiro atoms. The van der Waals surface area contributed by atoms with Gasteiger partial charge >= 0.3 is 0 Å². The van der Waals surface area contributed by atoms with Gasteiger partial charge in [-0.25, -0.2) is 0 Å². The molecule has 0 atom stereocenters. The van der Waals surface area contributed by atoms with Crippen molar-refractivity contribution in [2.24, 2.45) is 0 Å². The van der Waals surface area contributed by atoms with Crippen LogP contribution in [0.25, 0.3) is 22.8 Å². The first kappa shape index (κ1) is 20.0. The van der Waals surface area contributed by atoms with Crippen molar-refractivity contribution in [2.75, 3.05) is 19.1 Å². The van der Waals surface area contributed by atoms with Crippen molar-refractivity contribution in [2.45, 2.75) is 6.54 Å². The van der Waals surface area contributed by atoms with Gasteiger partial charge in [0.05, 0.1) is 12.0 Å². The van der Waals surface area contributed by atoms with Crippen LogP contribution in [0.15, 0.2) is 71.5 Å². The van der Waals surface area contributed by atoms with Gasteiger partial charge in [0.2, 0.25) is 5.82 Å². The molecule has 0 aliphatic rings. The number of nitro benzene ring substituents is 1. The molecule has 4 rings (SSSR count). The number of ether oxygens (including phenoxy) is 1. The largest absolute Gasteiger partial charge is 0.497 e. The summed E-state index contributed by atoms with van der Waals surface area (Å²) in [6.07, 6.45) is 3.26. The van der Waals surface area contributed by atoms with Gasteiger partial charge in [-0.15, -0.1) is 0 Å². The number of methoxy groups -OCH3 is 1. The number of nitro groups is 1. The minimum atomic E-state index is -0.413. The van der Waals surface area contributed by atoms with Gasteiger partial charge in [-0.2, -0.15) is 4.98 Å². The highest BCUT2D eigenvalue weighted by Crippen LogP contribution is 2.33. The number of rotatable bonds is 7. The van der Waals surface area contributed by atoms with E-state index in [4.69, 9.17) is 9.26 Å². The average molecular weight is 417 g/mol. The Morgan fingerprint density at radius 3 is 2.48 bits per heavy atom. The molecule has 9 heteroatoms. The first-order chi connectivity index (χ1) is 15.0. The minimum Gasteiger partial charge on any atom is -0.497 e. The maximum atomic E-state index is 11.8. The maximum absolute atomic E-state index is 11.8. The van der Waals surface area contributed by atoms with Crippen LogP contribution in [0.2, 0.25) is 0 Å². The van der Waals surface area contributed by atoms with Crippen LogP contribution < -0.4 is 9.64 Å². The number of aromatic nitrogens is 3. The minimum absolute atomic E-state index is 0.0443.